The number of nitrogens with zero attached hydrogens (tertiary/aromatic N) is 2. The zero-order valence-electron chi connectivity index (χ0n) is 17.8. The third-order valence-electron chi connectivity index (χ3n) is 5.81. The molecule has 1 saturated heterocycles. The average molecular weight is 427 g/mol. The number of carbonyl (C=O) groups is 1. The molecule has 31 heavy (non-hydrogen) atoms. The number of rotatable bonds is 4. The molecule has 0 bridgehead atoms. The molecule has 1 aliphatic heterocycles. The van der Waals surface area contributed by atoms with Gasteiger partial charge in [0.2, 0.25) is 5.88 Å². The summed E-state index contributed by atoms with van der Waals surface area (Å²) in [5.74, 6) is -1.40. The summed E-state index contributed by atoms with van der Waals surface area (Å²) in [4.78, 5) is 16.9. The van der Waals surface area contributed by atoms with Crippen molar-refractivity contribution in [2.24, 2.45) is 5.73 Å². The van der Waals surface area contributed by atoms with Crippen molar-refractivity contribution in [2.75, 3.05) is 18.8 Å². The highest BCUT2D eigenvalue weighted by Gasteiger charge is 2.26. The smallest absolute Gasteiger partial charge is 0.253 e. The number of phenolic OH excluding ortho intramolecular Hbond substituents is 1. The van der Waals surface area contributed by atoms with Crippen molar-refractivity contribution in [3.8, 4) is 17.3 Å². The molecule has 3 aromatic rings. The first-order valence-corrected chi connectivity index (χ1v) is 10.2. The molecule has 2 aromatic heterocycles. The van der Waals surface area contributed by atoms with E-state index in [4.69, 9.17) is 21.2 Å². The Kier molecular flexibility index (Phi) is 5.22. The number of aromatic nitrogens is 2. The van der Waals surface area contributed by atoms with Crippen molar-refractivity contribution < 1.29 is 19.0 Å². The zero-order chi connectivity index (χ0) is 22.4. The van der Waals surface area contributed by atoms with Crippen LogP contribution in [0.3, 0.4) is 0 Å². The summed E-state index contributed by atoms with van der Waals surface area (Å²) in [7, 11) is 0. The minimum absolute atomic E-state index is 0.0274. The summed E-state index contributed by atoms with van der Waals surface area (Å²) in [6.45, 7) is 6.86. The van der Waals surface area contributed by atoms with Gasteiger partial charge in [0.05, 0.1) is 11.3 Å². The number of carbonyl (C=O) groups excluding carboxylic acids is 1. The Morgan fingerprint density at radius 2 is 1.94 bits per heavy atom. The number of aryl methyl sites for hydroxylation is 2. The largest absolute Gasteiger partial charge is 0.505 e. The second-order valence-corrected chi connectivity index (χ2v) is 8.01. The highest BCUT2D eigenvalue weighted by Crippen LogP contribution is 2.38. The number of primary amides is 1. The van der Waals surface area contributed by atoms with E-state index in [0.29, 0.717) is 28.2 Å². The van der Waals surface area contributed by atoms with Crippen LogP contribution in [0.15, 0.2) is 12.1 Å². The van der Waals surface area contributed by atoms with Crippen LogP contribution >= 0.6 is 0 Å². The first kappa shape index (κ1) is 20.9. The van der Waals surface area contributed by atoms with Gasteiger partial charge in [0, 0.05) is 16.5 Å². The molecule has 6 N–H and O–H groups in total. The Labute approximate surface area is 179 Å². The Balaban J connectivity index is 1.99. The van der Waals surface area contributed by atoms with Gasteiger partial charge < -0.3 is 26.6 Å². The summed E-state index contributed by atoms with van der Waals surface area (Å²) >= 11 is 0. The van der Waals surface area contributed by atoms with Crippen molar-refractivity contribution in [1.82, 2.24) is 14.9 Å². The average Bonchev–Trinajstić information content (AvgIpc) is 2.99. The van der Waals surface area contributed by atoms with Crippen LogP contribution < -0.4 is 21.5 Å². The first-order chi connectivity index (χ1) is 14.7. The number of fused-ring (bicyclic) bond motifs is 1. The predicted octanol–water partition coefficient (Wildman–Crippen LogP) is 2.61. The van der Waals surface area contributed by atoms with Crippen LogP contribution in [0.25, 0.3) is 16.7 Å². The van der Waals surface area contributed by atoms with E-state index in [1.165, 1.54) is 10.6 Å². The van der Waals surface area contributed by atoms with Crippen LogP contribution in [-0.4, -0.2) is 39.8 Å². The van der Waals surface area contributed by atoms with E-state index in [0.717, 1.165) is 31.5 Å². The molecule has 0 unspecified atom stereocenters. The van der Waals surface area contributed by atoms with E-state index in [9.17, 15) is 14.3 Å². The van der Waals surface area contributed by atoms with Crippen molar-refractivity contribution in [3.05, 3.63) is 40.2 Å². The van der Waals surface area contributed by atoms with Gasteiger partial charge in [-0.25, -0.2) is 4.39 Å². The Bertz CT molecular complexity index is 1200. The number of nitrogens with one attached hydrogen (secondary N) is 1. The molecular weight excluding hydrogens is 401 g/mol. The highest BCUT2D eigenvalue weighted by atomic mass is 19.1. The van der Waals surface area contributed by atoms with Gasteiger partial charge in [-0.15, -0.1) is 0 Å². The maximum Gasteiger partial charge on any atom is 0.253 e. The summed E-state index contributed by atoms with van der Waals surface area (Å²) < 4.78 is 21.8. The number of amides is 1. The molecule has 0 saturated carbocycles. The molecule has 1 aromatic carbocycles. The monoisotopic (exact) mass is 427 g/mol. The van der Waals surface area contributed by atoms with Gasteiger partial charge in [0.1, 0.15) is 11.9 Å². The van der Waals surface area contributed by atoms with Crippen molar-refractivity contribution in [2.45, 2.75) is 39.7 Å². The normalized spacial score (nSPS) is 14.8. The molecule has 0 aliphatic carbocycles. The molecule has 4 rings (SSSR count). The van der Waals surface area contributed by atoms with Crippen molar-refractivity contribution in [3.63, 3.8) is 0 Å². The molecule has 164 valence electrons. The SMILES string of the molecule is Cc1cc2c(C(N)=O)c(N)n(-c3c(C)cc(F)c(O)c3C)c2nc1OC1CCNCC1. The molecule has 8 nitrogen and oxygen atoms in total. The molecule has 3 heterocycles. The van der Waals surface area contributed by atoms with E-state index < -0.39 is 17.5 Å². The Hall–Kier alpha value is -3.33. The Morgan fingerprint density at radius 3 is 2.58 bits per heavy atom. The highest BCUT2D eigenvalue weighted by molar-refractivity contribution is 6.11. The van der Waals surface area contributed by atoms with E-state index in [-0.39, 0.29) is 23.0 Å². The number of anilines is 1. The number of piperidine rings is 1. The van der Waals surface area contributed by atoms with E-state index in [1.807, 2.05) is 6.92 Å². The zero-order valence-corrected chi connectivity index (χ0v) is 17.8. The predicted molar refractivity (Wildman–Crippen MR) is 116 cm³/mol. The molecule has 0 spiro atoms. The fourth-order valence-electron chi connectivity index (χ4n) is 4.24. The summed E-state index contributed by atoms with van der Waals surface area (Å²) in [6, 6.07) is 2.99. The lowest BCUT2D eigenvalue weighted by Crippen LogP contribution is -2.34. The maximum atomic E-state index is 14.1. The number of nitrogen functional groups attached to an aromatic ring is 1. The van der Waals surface area contributed by atoms with Gasteiger partial charge in [0.15, 0.2) is 17.2 Å². The number of nitrogens with two attached hydrogens (primary N) is 2. The fourth-order valence-corrected chi connectivity index (χ4v) is 4.24. The van der Waals surface area contributed by atoms with Gasteiger partial charge in [-0.05, 0) is 64.4 Å². The quantitative estimate of drug-likeness (QED) is 0.507. The number of halogens is 1. The summed E-state index contributed by atoms with van der Waals surface area (Å²) in [6.07, 6.45) is 1.75. The van der Waals surface area contributed by atoms with E-state index >= 15 is 0 Å². The summed E-state index contributed by atoms with van der Waals surface area (Å²) in [5, 5.41) is 14.0. The number of hydrogen-bond acceptors (Lipinski definition) is 6. The minimum atomic E-state index is -0.734. The van der Waals surface area contributed by atoms with Crippen molar-refractivity contribution in [1.29, 1.82) is 0 Å². The van der Waals surface area contributed by atoms with E-state index in [2.05, 4.69) is 5.32 Å². The number of ether oxygens (including phenoxy) is 1. The van der Waals surface area contributed by atoms with Crippen LogP contribution in [0.2, 0.25) is 0 Å². The molecule has 9 heteroatoms. The molecule has 1 amide bonds. The first-order valence-electron chi connectivity index (χ1n) is 10.2. The van der Waals surface area contributed by atoms with Gasteiger partial charge in [0.25, 0.3) is 5.91 Å². The lowest BCUT2D eigenvalue weighted by atomic mass is 10.1. The summed E-state index contributed by atoms with van der Waals surface area (Å²) in [5.41, 5.74) is 14.5. The molecule has 0 radical (unpaired) electrons. The van der Waals surface area contributed by atoms with Gasteiger partial charge in [-0.1, -0.05) is 0 Å². The van der Waals surface area contributed by atoms with Crippen LogP contribution in [0, 0.1) is 26.6 Å². The third kappa shape index (κ3) is 3.44. The number of benzene rings is 1. The lowest BCUT2D eigenvalue weighted by molar-refractivity contribution is 0.100. The van der Waals surface area contributed by atoms with Crippen LogP contribution in [-0.2, 0) is 0 Å². The minimum Gasteiger partial charge on any atom is -0.505 e. The van der Waals surface area contributed by atoms with Gasteiger partial charge >= 0.3 is 0 Å². The number of pyridine rings is 1. The lowest BCUT2D eigenvalue weighted by Gasteiger charge is -2.24. The third-order valence-corrected chi connectivity index (χ3v) is 5.81. The van der Waals surface area contributed by atoms with Crippen LogP contribution in [0.5, 0.6) is 11.6 Å². The number of phenols is 1. The van der Waals surface area contributed by atoms with Crippen LogP contribution in [0.4, 0.5) is 10.2 Å². The van der Waals surface area contributed by atoms with E-state index in [1.54, 1.807) is 19.9 Å². The number of hydrogen-bond donors (Lipinski definition) is 4. The van der Waals surface area contributed by atoms with Crippen LogP contribution in [0.1, 0.15) is 39.9 Å². The molecule has 0 atom stereocenters. The second-order valence-electron chi connectivity index (χ2n) is 8.01. The number of aromatic hydroxyl groups is 1. The second kappa shape index (κ2) is 7.73. The Morgan fingerprint density at radius 1 is 1.26 bits per heavy atom. The molecular formula is C22H26FN5O3. The molecule has 1 aliphatic rings. The van der Waals surface area contributed by atoms with Gasteiger partial charge in [-0.2, -0.15) is 4.98 Å². The standard InChI is InChI=1S/C22H26FN5O3/c1-10-9-15(23)18(29)12(3)17(10)28-19(24)16(20(25)30)14-8-11(2)22(27-21(14)28)31-13-4-6-26-7-5-13/h8-9,13,26,29H,4-7,24H2,1-3H3,(H2,25,30). The van der Waals surface area contributed by atoms with Gasteiger partial charge in [-0.3, -0.25) is 9.36 Å². The molecule has 1 fully saturated rings. The fraction of sp³-hybridized carbons (Fsp3) is 0.364. The van der Waals surface area contributed by atoms with Crippen molar-refractivity contribution >= 4 is 22.8 Å². The topological polar surface area (TPSA) is 128 Å². The maximum absolute atomic E-state index is 14.1.